The molecule has 0 heterocycles. The van der Waals surface area contributed by atoms with E-state index in [-0.39, 0.29) is 5.91 Å². The molecule has 1 amide bonds. The highest BCUT2D eigenvalue weighted by atomic mass is 16.7. The third kappa shape index (κ3) is 4.13. The van der Waals surface area contributed by atoms with Crippen LogP contribution in [-0.4, -0.2) is 30.2 Å². The molecule has 1 N–H and O–H groups in total. The number of nitrogens with zero attached hydrogens (tertiary/aromatic N) is 1. The highest BCUT2D eigenvalue weighted by Gasteiger charge is 2.15. The Kier molecular flexibility index (Phi) is 4.87. The van der Waals surface area contributed by atoms with E-state index in [0.29, 0.717) is 12.8 Å². The van der Waals surface area contributed by atoms with Gasteiger partial charge in [-0.05, 0) is 31.4 Å². The van der Waals surface area contributed by atoms with Crippen molar-refractivity contribution in [3.63, 3.8) is 0 Å². The predicted octanol–water partition coefficient (Wildman–Crippen LogP) is 1.87. The number of rotatable bonds is 5. The van der Waals surface area contributed by atoms with Gasteiger partial charge in [0, 0.05) is 13.5 Å². The van der Waals surface area contributed by atoms with E-state index < -0.39 is 5.60 Å². The zero-order valence-corrected chi connectivity index (χ0v) is 11.4. The van der Waals surface area contributed by atoms with Gasteiger partial charge in [0.05, 0.1) is 12.7 Å². The topological polar surface area (TPSA) is 49.8 Å². The molecule has 0 radical (unpaired) electrons. The van der Waals surface area contributed by atoms with E-state index in [1.54, 1.807) is 20.9 Å². The number of carbonyl (C=O) groups excluding carboxylic acids is 1. The molecule has 0 aliphatic carbocycles. The third-order valence-electron chi connectivity index (χ3n) is 2.91. The third-order valence-corrected chi connectivity index (χ3v) is 2.91. The Morgan fingerprint density at radius 3 is 2.33 bits per heavy atom. The number of benzene rings is 1. The van der Waals surface area contributed by atoms with E-state index in [2.05, 4.69) is 0 Å². The van der Waals surface area contributed by atoms with Crippen molar-refractivity contribution < 1.29 is 14.7 Å². The van der Waals surface area contributed by atoms with Crippen molar-refractivity contribution in [1.29, 1.82) is 0 Å². The van der Waals surface area contributed by atoms with Crippen molar-refractivity contribution in [2.75, 3.05) is 14.2 Å². The van der Waals surface area contributed by atoms with Gasteiger partial charge in [-0.2, -0.15) is 0 Å². The lowest BCUT2D eigenvalue weighted by Crippen LogP contribution is -2.25. The monoisotopic (exact) mass is 251 g/mol. The van der Waals surface area contributed by atoms with Crippen molar-refractivity contribution in [3.05, 3.63) is 35.4 Å². The standard InChI is InChI=1S/C14H21NO3/c1-14(2,17)12-8-5-11(6-9-12)7-10-13(16)15(3)18-4/h5-6,8-9,17H,7,10H2,1-4H3. The van der Waals surface area contributed by atoms with Crippen molar-refractivity contribution in [2.45, 2.75) is 32.3 Å². The zero-order chi connectivity index (χ0) is 13.8. The molecule has 4 nitrogen and oxygen atoms in total. The molecule has 0 fully saturated rings. The molecule has 100 valence electrons. The number of amides is 1. The molecule has 0 saturated heterocycles. The number of hydroxylamine groups is 2. The molecule has 1 rings (SSSR count). The molecule has 0 saturated carbocycles. The summed E-state index contributed by atoms with van der Waals surface area (Å²) in [6.45, 7) is 3.50. The molecule has 18 heavy (non-hydrogen) atoms. The minimum atomic E-state index is -0.829. The predicted molar refractivity (Wildman–Crippen MR) is 69.8 cm³/mol. The molecule has 1 aromatic rings. The fraction of sp³-hybridized carbons (Fsp3) is 0.500. The van der Waals surface area contributed by atoms with Crippen LogP contribution in [0.1, 0.15) is 31.4 Å². The Balaban J connectivity index is 2.57. The van der Waals surface area contributed by atoms with E-state index in [1.807, 2.05) is 24.3 Å². The van der Waals surface area contributed by atoms with Gasteiger partial charge >= 0.3 is 0 Å². The molecule has 0 spiro atoms. The van der Waals surface area contributed by atoms with Crippen LogP contribution in [0.4, 0.5) is 0 Å². The van der Waals surface area contributed by atoms with Crippen molar-refractivity contribution in [2.24, 2.45) is 0 Å². The van der Waals surface area contributed by atoms with E-state index >= 15 is 0 Å². The molecule has 4 heteroatoms. The van der Waals surface area contributed by atoms with Crippen molar-refractivity contribution >= 4 is 5.91 Å². The highest BCUT2D eigenvalue weighted by molar-refractivity contribution is 5.75. The van der Waals surface area contributed by atoms with Crippen LogP contribution in [0.15, 0.2) is 24.3 Å². The van der Waals surface area contributed by atoms with Gasteiger partial charge in [-0.25, -0.2) is 5.06 Å². The SMILES string of the molecule is CON(C)C(=O)CCc1ccc(C(C)(C)O)cc1. The first kappa shape index (κ1) is 14.7. The molecule has 0 aliphatic rings. The maximum atomic E-state index is 11.5. The smallest absolute Gasteiger partial charge is 0.246 e. The number of hydrogen-bond acceptors (Lipinski definition) is 3. The molecule has 0 atom stereocenters. The second-order valence-corrected chi connectivity index (χ2v) is 4.83. The first-order valence-corrected chi connectivity index (χ1v) is 5.97. The summed E-state index contributed by atoms with van der Waals surface area (Å²) in [5.41, 5.74) is 1.11. The molecule has 0 bridgehead atoms. The minimum Gasteiger partial charge on any atom is -0.386 e. The highest BCUT2D eigenvalue weighted by Crippen LogP contribution is 2.20. The average Bonchev–Trinajstić information content (AvgIpc) is 2.34. The van der Waals surface area contributed by atoms with Gasteiger partial charge in [0.25, 0.3) is 0 Å². The Morgan fingerprint density at radius 1 is 1.33 bits per heavy atom. The van der Waals surface area contributed by atoms with E-state index in [0.717, 1.165) is 11.1 Å². The summed E-state index contributed by atoms with van der Waals surface area (Å²) in [5.74, 6) is -0.0518. The summed E-state index contributed by atoms with van der Waals surface area (Å²) in [6.07, 6.45) is 1.07. The number of hydrogen-bond donors (Lipinski definition) is 1. The average molecular weight is 251 g/mol. The largest absolute Gasteiger partial charge is 0.386 e. The molecular weight excluding hydrogens is 230 g/mol. The number of aliphatic hydroxyl groups is 1. The summed E-state index contributed by atoms with van der Waals surface area (Å²) in [5, 5.41) is 11.1. The fourth-order valence-corrected chi connectivity index (χ4v) is 1.59. The van der Waals surface area contributed by atoms with Gasteiger partial charge in [-0.3, -0.25) is 9.63 Å². The normalized spacial score (nSPS) is 11.4. The van der Waals surface area contributed by atoms with Gasteiger partial charge in [0.15, 0.2) is 0 Å². The van der Waals surface area contributed by atoms with Gasteiger partial charge in [0.2, 0.25) is 5.91 Å². The summed E-state index contributed by atoms with van der Waals surface area (Å²) < 4.78 is 0. The van der Waals surface area contributed by atoms with Crippen LogP contribution in [0, 0.1) is 0 Å². The Bertz CT molecular complexity index is 392. The zero-order valence-electron chi connectivity index (χ0n) is 11.4. The molecule has 0 unspecified atom stereocenters. The van der Waals surface area contributed by atoms with Gasteiger partial charge < -0.3 is 5.11 Å². The van der Waals surface area contributed by atoms with E-state index in [9.17, 15) is 9.90 Å². The summed E-state index contributed by atoms with van der Waals surface area (Å²) in [6, 6.07) is 7.65. The summed E-state index contributed by atoms with van der Waals surface area (Å²) in [7, 11) is 3.07. The second-order valence-electron chi connectivity index (χ2n) is 4.83. The lowest BCUT2D eigenvalue weighted by Gasteiger charge is -2.18. The summed E-state index contributed by atoms with van der Waals surface area (Å²) >= 11 is 0. The van der Waals surface area contributed by atoms with Gasteiger partial charge in [-0.15, -0.1) is 0 Å². The fourth-order valence-electron chi connectivity index (χ4n) is 1.59. The maximum Gasteiger partial charge on any atom is 0.246 e. The van der Waals surface area contributed by atoms with Crippen molar-refractivity contribution in [1.82, 2.24) is 5.06 Å². The van der Waals surface area contributed by atoms with Crippen LogP contribution >= 0.6 is 0 Å². The molecule has 1 aromatic carbocycles. The first-order valence-electron chi connectivity index (χ1n) is 5.97. The quantitative estimate of drug-likeness (QED) is 0.813. The number of aryl methyl sites for hydroxylation is 1. The van der Waals surface area contributed by atoms with Crippen LogP contribution in [-0.2, 0) is 21.7 Å². The van der Waals surface area contributed by atoms with Crippen LogP contribution in [0.3, 0.4) is 0 Å². The Labute approximate surface area is 108 Å². The number of carbonyl (C=O) groups is 1. The van der Waals surface area contributed by atoms with Crippen LogP contribution in [0.2, 0.25) is 0 Å². The van der Waals surface area contributed by atoms with E-state index in [1.165, 1.54) is 12.2 Å². The van der Waals surface area contributed by atoms with Gasteiger partial charge in [0.1, 0.15) is 0 Å². The Hall–Kier alpha value is -1.39. The molecule has 0 aliphatic heterocycles. The van der Waals surface area contributed by atoms with Gasteiger partial charge in [-0.1, -0.05) is 24.3 Å². The van der Waals surface area contributed by atoms with Crippen LogP contribution in [0.25, 0.3) is 0 Å². The second kappa shape index (κ2) is 5.98. The Morgan fingerprint density at radius 2 is 1.89 bits per heavy atom. The lowest BCUT2D eigenvalue weighted by atomic mass is 9.96. The molecule has 0 aromatic heterocycles. The minimum absolute atomic E-state index is 0.0518. The first-order chi connectivity index (χ1) is 8.34. The summed E-state index contributed by atoms with van der Waals surface area (Å²) in [4.78, 5) is 16.3. The molecular formula is C14H21NO3. The lowest BCUT2D eigenvalue weighted by molar-refractivity contribution is -0.168. The van der Waals surface area contributed by atoms with Crippen LogP contribution in [0.5, 0.6) is 0 Å². The van der Waals surface area contributed by atoms with Crippen LogP contribution < -0.4 is 0 Å². The van der Waals surface area contributed by atoms with E-state index in [4.69, 9.17) is 4.84 Å². The maximum absolute atomic E-state index is 11.5. The van der Waals surface area contributed by atoms with Crippen molar-refractivity contribution in [3.8, 4) is 0 Å².